The first-order valence-electron chi connectivity index (χ1n) is 6.76. The van der Waals surface area contributed by atoms with Crippen molar-refractivity contribution in [3.8, 4) is 0 Å². The quantitative estimate of drug-likeness (QED) is 0.812. The van der Waals surface area contributed by atoms with Gasteiger partial charge in [-0.3, -0.25) is 9.59 Å². The first-order chi connectivity index (χ1) is 9.28. The van der Waals surface area contributed by atoms with E-state index in [9.17, 15) is 9.59 Å². The molecule has 0 saturated heterocycles. The van der Waals surface area contributed by atoms with Gasteiger partial charge in [0.1, 0.15) is 5.60 Å². The van der Waals surface area contributed by atoms with Crippen LogP contribution in [0.15, 0.2) is 30.3 Å². The molecule has 0 heterocycles. The second-order valence-corrected chi connectivity index (χ2v) is 5.85. The molecular weight excluding hydrogens is 256 g/mol. The van der Waals surface area contributed by atoms with Gasteiger partial charge in [0.05, 0.1) is 12.3 Å². The van der Waals surface area contributed by atoms with Crippen LogP contribution in [0.4, 0.5) is 0 Å². The summed E-state index contributed by atoms with van der Waals surface area (Å²) in [5.74, 6) is -2.02. The number of carboxylic acid groups (broad SMARTS) is 1. The molecule has 0 aromatic heterocycles. The van der Waals surface area contributed by atoms with Crippen molar-refractivity contribution in [1.82, 2.24) is 0 Å². The van der Waals surface area contributed by atoms with Crippen molar-refractivity contribution < 1.29 is 19.4 Å². The van der Waals surface area contributed by atoms with Crippen LogP contribution < -0.4 is 0 Å². The maximum absolute atomic E-state index is 12.0. The van der Waals surface area contributed by atoms with Crippen LogP contribution in [-0.2, 0) is 20.7 Å². The van der Waals surface area contributed by atoms with Crippen molar-refractivity contribution in [2.75, 3.05) is 0 Å². The summed E-state index contributed by atoms with van der Waals surface area (Å²) >= 11 is 0. The second-order valence-electron chi connectivity index (χ2n) is 5.85. The molecule has 1 N–H and O–H groups in total. The van der Waals surface area contributed by atoms with Crippen LogP contribution in [0.5, 0.6) is 0 Å². The van der Waals surface area contributed by atoms with Gasteiger partial charge in [0.15, 0.2) is 0 Å². The van der Waals surface area contributed by atoms with Crippen molar-refractivity contribution >= 4 is 11.9 Å². The average Bonchev–Trinajstić information content (AvgIpc) is 2.33. The predicted octanol–water partition coefficient (Wildman–Crippen LogP) is 3.05. The highest BCUT2D eigenvalue weighted by Crippen LogP contribution is 2.19. The van der Waals surface area contributed by atoms with E-state index in [1.807, 2.05) is 30.3 Å². The molecule has 0 aliphatic heterocycles. The minimum absolute atomic E-state index is 0.193. The third-order valence-electron chi connectivity index (χ3n) is 2.79. The lowest BCUT2D eigenvalue weighted by Crippen LogP contribution is -2.30. The van der Waals surface area contributed by atoms with Gasteiger partial charge < -0.3 is 9.84 Å². The summed E-state index contributed by atoms with van der Waals surface area (Å²) in [6.45, 7) is 5.33. The smallest absolute Gasteiger partial charge is 0.310 e. The Labute approximate surface area is 119 Å². The van der Waals surface area contributed by atoms with Gasteiger partial charge in [0.25, 0.3) is 0 Å². The number of aryl methyl sites for hydroxylation is 1. The fraction of sp³-hybridized carbons (Fsp3) is 0.500. The highest BCUT2D eigenvalue weighted by atomic mass is 16.6. The third kappa shape index (κ3) is 6.36. The number of hydrogen-bond donors (Lipinski definition) is 1. The number of benzene rings is 1. The number of rotatable bonds is 6. The molecule has 0 aliphatic rings. The number of carboxylic acids is 1. The first kappa shape index (κ1) is 16.2. The highest BCUT2D eigenvalue weighted by molar-refractivity contribution is 5.79. The molecule has 0 radical (unpaired) electrons. The minimum atomic E-state index is -0.978. The SMILES string of the molecule is CC(C)(C)OC(=O)[C@H](CCc1ccccc1)CC(=O)O. The number of carbonyl (C=O) groups is 2. The van der Waals surface area contributed by atoms with E-state index in [-0.39, 0.29) is 6.42 Å². The topological polar surface area (TPSA) is 63.6 Å². The number of carbonyl (C=O) groups excluding carboxylic acids is 1. The zero-order valence-corrected chi connectivity index (χ0v) is 12.3. The van der Waals surface area contributed by atoms with E-state index in [4.69, 9.17) is 9.84 Å². The normalized spacial score (nSPS) is 12.8. The Kier molecular flexibility index (Phi) is 5.74. The molecule has 0 aliphatic carbocycles. The molecular formula is C16H22O4. The number of hydrogen-bond acceptors (Lipinski definition) is 3. The van der Waals surface area contributed by atoms with Gasteiger partial charge in [-0.15, -0.1) is 0 Å². The summed E-state index contributed by atoms with van der Waals surface area (Å²) in [5, 5.41) is 8.92. The largest absolute Gasteiger partial charge is 0.481 e. The standard InChI is InChI=1S/C16H22O4/c1-16(2,3)20-15(19)13(11-14(17)18)10-9-12-7-5-4-6-8-12/h4-8,13H,9-11H2,1-3H3,(H,17,18)/t13-/m1/s1. The summed E-state index contributed by atoms with van der Waals surface area (Å²) < 4.78 is 5.29. The fourth-order valence-electron chi connectivity index (χ4n) is 1.88. The van der Waals surface area contributed by atoms with Crippen LogP contribution in [0.1, 0.15) is 39.2 Å². The monoisotopic (exact) mass is 278 g/mol. The number of ether oxygens (including phenoxy) is 1. The van der Waals surface area contributed by atoms with E-state index in [2.05, 4.69) is 0 Å². The van der Waals surface area contributed by atoms with E-state index < -0.39 is 23.5 Å². The molecule has 1 aromatic rings. The molecule has 4 nitrogen and oxygen atoms in total. The van der Waals surface area contributed by atoms with Crippen LogP contribution in [0.2, 0.25) is 0 Å². The van der Waals surface area contributed by atoms with Crippen LogP contribution >= 0.6 is 0 Å². The van der Waals surface area contributed by atoms with Crippen molar-refractivity contribution in [1.29, 1.82) is 0 Å². The Morgan fingerprint density at radius 1 is 1.20 bits per heavy atom. The van der Waals surface area contributed by atoms with E-state index in [1.165, 1.54) is 0 Å². The van der Waals surface area contributed by atoms with Gasteiger partial charge >= 0.3 is 11.9 Å². The van der Waals surface area contributed by atoms with Crippen molar-refractivity contribution in [3.63, 3.8) is 0 Å². The summed E-state index contributed by atoms with van der Waals surface area (Å²) in [6.07, 6.45) is 0.949. The van der Waals surface area contributed by atoms with Gasteiger partial charge in [-0.25, -0.2) is 0 Å². The minimum Gasteiger partial charge on any atom is -0.481 e. The molecule has 1 rings (SSSR count). The Bertz CT molecular complexity index is 445. The number of esters is 1. The molecule has 0 amide bonds. The Morgan fingerprint density at radius 2 is 1.80 bits per heavy atom. The lowest BCUT2D eigenvalue weighted by molar-refractivity contribution is -0.163. The van der Waals surface area contributed by atoms with Crippen LogP contribution in [0.25, 0.3) is 0 Å². The first-order valence-corrected chi connectivity index (χ1v) is 6.76. The fourth-order valence-corrected chi connectivity index (χ4v) is 1.88. The Balaban J connectivity index is 2.64. The zero-order chi connectivity index (χ0) is 15.2. The summed E-state index contributed by atoms with van der Waals surface area (Å²) in [7, 11) is 0. The van der Waals surface area contributed by atoms with Gasteiger partial charge in [-0.05, 0) is 39.2 Å². The van der Waals surface area contributed by atoms with E-state index in [0.29, 0.717) is 12.8 Å². The van der Waals surface area contributed by atoms with Gasteiger partial charge in [0.2, 0.25) is 0 Å². The summed E-state index contributed by atoms with van der Waals surface area (Å²) in [6, 6.07) is 9.70. The molecule has 0 unspecified atom stereocenters. The van der Waals surface area contributed by atoms with Gasteiger partial charge in [-0.1, -0.05) is 30.3 Å². The van der Waals surface area contributed by atoms with E-state index >= 15 is 0 Å². The lowest BCUT2D eigenvalue weighted by atomic mass is 9.96. The average molecular weight is 278 g/mol. The van der Waals surface area contributed by atoms with Crippen LogP contribution in [0.3, 0.4) is 0 Å². The maximum atomic E-state index is 12.0. The molecule has 1 atom stereocenters. The highest BCUT2D eigenvalue weighted by Gasteiger charge is 2.26. The molecule has 0 saturated carbocycles. The molecule has 110 valence electrons. The van der Waals surface area contributed by atoms with Crippen molar-refractivity contribution in [2.45, 2.75) is 45.6 Å². The third-order valence-corrected chi connectivity index (χ3v) is 2.79. The second kappa shape index (κ2) is 7.08. The summed E-state index contributed by atoms with van der Waals surface area (Å²) in [5.41, 5.74) is 0.493. The maximum Gasteiger partial charge on any atom is 0.310 e. The molecule has 4 heteroatoms. The van der Waals surface area contributed by atoms with E-state index in [0.717, 1.165) is 5.56 Å². The Morgan fingerprint density at radius 3 is 2.30 bits per heavy atom. The predicted molar refractivity (Wildman–Crippen MR) is 76.4 cm³/mol. The molecule has 0 fully saturated rings. The van der Waals surface area contributed by atoms with E-state index in [1.54, 1.807) is 20.8 Å². The zero-order valence-electron chi connectivity index (χ0n) is 12.3. The number of aliphatic carboxylic acids is 1. The molecule has 0 bridgehead atoms. The van der Waals surface area contributed by atoms with Crippen LogP contribution in [-0.4, -0.2) is 22.6 Å². The molecule has 20 heavy (non-hydrogen) atoms. The van der Waals surface area contributed by atoms with Gasteiger partial charge in [0, 0.05) is 0 Å². The Hall–Kier alpha value is -1.84. The van der Waals surface area contributed by atoms with Gasteiger partial charge in [-0.2, -0.15) is 0 Å². The molecule has 0 spiro atoms. The van der Waals surface area contributed by atoms with Crippen LogP contribution in [0, 0.1) is 5.92 Å². The van der Waals surface area contributed by atoms with Crippen molar-refractivity contribution in [2.24, 2.45) is 5.92 Å². The molecule has 1 aromatic carbocycles. The van der Waals surface area contributed by atoms with Crippen molar-refractivity contribution in [3.05, 3.63) is 35.9 Å². The lowest BCUT2D eigenvalue weighted by Gasteiger charge is -2.23. The summed E-state index contributed by atoms with van der Waals surface area (Å²) in [4.78, 5) is 22.9.